The summed E-state index contributed by atoms with van der Waals surface area (Å²) in [5, 5.41) is 5.61. The SMILES string of the molecule is NC(=O)c1ccc(NC(=O)[C@H](CC2CCCCC2)NC(=O)[C@@H](N)CCCN=C(N)N)c(Oc2cccc(F)c2)c1. The lowest BCUT2D eigenvalue weighted by Gasteiger charge is -2.27. The Morgan fingerprint density at radius 3 is 2.45 bits per heavy atom. The number of carbonyl (C=O) groups is 3. The van der Waals surface area contributed by atoms with E-state index in [0.29, 0.717) is 25.8 Å². The summed E-state index contributed by atoms with van der Waals surface area (Å²) >= 11 is 0. The summed E-state index contributed by atoms with van der Waals surface area (Å²) in [5.41, 5.74) is 22.5. The van der Waals surface area contributed by atoms with Crippen LogP contribution in [0.25, 0.3) is 0 Å². The summed E-state index contributed by atoms with van der Waals surface area (Å²) in [7, 11) is 0. The molecule has 216 valence electrons. The minimum absolute atomic E-state index is 0.0353. The van der Waals surface area contributed by atoms with Crippen molar-refractivity contribution in [3.8, 4) is 11.5 Å². The van der Waals surface area contributed by atoms with Gasteiger partial charge in [0.1, 0.15) is 17.6 Å². The monoisotopic (exact) mass is 555 g/mol. The molecule has 3 amide bonds. The molecule has 2 atom stereocenters. The van der Waals surface area contributed by atoms with Gasteiger partial charge in [-0.2, -0.15) is 0 Å². The van der Waals surface area contributed by atoms with Crippen molar-refractivity contribution in [1.82, 2.24) is 5.32 Å². The quantitative estimate of drug-likeness (QED) is 0.124. The van der Waals surface area contributed by atoms with Gasteiger partial charge in [-0.1, -0.05) is 38.2 Å². The second-order valence-corrected chi connectivity index (χ2v) is 9.98. The highest BCUT2D eigenvalue weighted by molar-refractivity contribution is 6.00. The van der Waals surface area contributed by atoms with Gasteiger partial charge in [-0.05, 0) is 55.5 Å². The number of benzene rings is 2. The molecule has 0 saturated heterocycles. The number of nitrogens with one attached hydrogen (secondary N) is 2. The summed E-state index contributed by atoms with van der Waals surface area (Å²) in [6.45, 7) is 0.338. The first-order valence-electron chi connectivity index (χ1n) is 13.4. The van der Waals surface area contributed by atoms with E-state index in [4.69, 9.17) is 27.7 Å². The Morgan fingerprint density at radius 1 is 1.02 bits per heavy atom. The predicted octanol–water partition coefficient (Wildman–Crippen LogP) is 2.49. The fourth-order valence-corrected chi connectivity index (χ4v) is 4.66. The third-order valence-corrected chi connectivity index (χ3v) is 6.78. The van der Waals surface area contributed by atoms with Crippen LogP contribution < -0.4 is 38.3 Å². The van der Waals surface area contributed by atoms with Crippen molar-refractivity contribution < 1.29 is 23.5 Å². The molecule has 0 unspecified atom stereocenters. The highest BCUT2D eigenvalue weighted by Gasteiger charge is 2.28. The molecule has 0 bridgehead atoms. The van der Waals surface area contributed by atoms with Gasteiger partial charge in [0.25, 0.3) is 0 Å². The minimum Gasteiger partial charge on any atom is -0.455 e. The van der Waals surface area contributed by atoms with E-state index in [2.05, 4.69) is 15.6 Å². The Morgan fingerprint density at radius 2 is 1.77 bits per heavy atom. The van der Waals surface area contributed by atoms with Crippen molar-refractivity contribution >= 4 is 29.4 Å². The van der Waals surface area contributed by atoms with E-state index in [9.17, 15) is 18.8 Å². The Labute approximate surface area is 232 Å². The Kier molecular flexibility index (Phi) is 11.2. The third-order valence-electron chi connectivity index (χ3n) is 6.78. The summed E-state index contributed by atoms with van der Waals surface area (Å²) < 4.78 is 19.5. The average Bonchev–Trinajstić information content (AvgIpc) is 2.91. The first-order valence-corrected chi connectivity index (χ1v) is 13.4. The molecule has 12 heteroatoms. The van der Waals surface area contributed by atoms with Gasteiger partial charge in [-0.3, -0.25) is 19.4 Å². The van der Waals surface area contributed by atoms with Crippen LogP contribution >= 0.6 is 0 Å². The van der Waals surface area contributed by atoms with Gasteiger partial charge in [0.2, 0.25) is 17.7 Å². The number of carbonyl (C=O) groups excluding carboxylic acids is 3. The smallest absolute Gasteiger partial charge is 0.248 e. The van der Waals surface area contributed by atoms with Crippen molar-refractivity contribution in [2.75, 3.05) is 11.9 Å². The van der Waals surface area contributed by atoms with Crippen molar-refractivity contribution in [3.63, 3.8) is 0 Å². The number of guanidine groups is 1. The maximum Gasteiger partial charge on any atom is 0.248 e. The van der Waals surface area contributed by atoms with Crippen LogP contribution in [0, 0.1) is 11.7 Å². The van der Waals surface area contributed by atoms with Gasteiger partial charge in [-0.15, -0.1) is 0 Å². The average molecular weight is 556 g/mol. The number of amides is 3. The molecule has 11 nitrogen and oxygen atoms in total. The zero-order valence-corrected chi connectivity index (χ0v) is 22.4. The van der Waals surface area contributed by atoms with Gasteiger partial charge in [0, 0.05) is 18.2 Å². The van der Waals surface area contributed by atoms with Crippen LogP contribution in [0.1, 0.15) is 61.7 Å². The molecule has 0 radical (unpaired) electrons. The molecule has 0 aliphatic heterocycles. The molecule has 0 aromatic heterocycles. The topological polar surface area (TPSA) is 201 Å². The lowest BCUT2D eigenvalue weighted by Crippen LogP contribution is -2.50. The van der Waals surface area contributed by atoms with E-state index in [1.807, 2.05) is 0 Å². The number of hydrogen-bond acceptors (Lipinski definition) is 6. The van der Waals surface area contributed by atoms with Gasteiger partial charge in [0.15, 0.2) is 11.7 Å². The second kappa shape index (κ2) is 14.8. The van der Waals surface area contributed by atoms with Crippen LogP contribution in [0.4, 0.5) is 10.1 Å². The third kappa shape index (κ3) is 9.53. The predicted molar refractivity (Wildman–Crippen MR) is 151 cm³/mol. The minimum atomic E-state index is -0.864. The fourth-order valence-electron chi connectivity index (χ4n) is 4.66. The number of hydrogen-bond donors (Lipinski definition) is 6. The number of halogens is 1. The van der Waals surface area contributed by atoms with Gasteiger partial charge >= 0.3 is 0 Å². The van der Waals surface area contributed by atoms with Crippen LogP contribution in [-0.2, 0) is 9.59 Å². The zero-order valence-electron chi connectivity index (χ0n) is 22.4. The Hall–Kier alpha value is -4.19. The summed E-state index contributed by atoms with van der Waals surface area (Å²) in [4.78, 5) is 42.1. The number of primary amides is 1. The molecule has 1 aliphatic carbocycles. The number of ether oxygens (including phenoxy) is 1. The van der Waals surface area contributed by atoms with Gasteiger partial charge in [-0.25, -0.2) is 4.39 Å². The highest BCUT2D eigenvalue weighted by Crippen LogP contribution is 2.32. The van der Waals surface area contributed by atoms with E-state index in [1.165, 1.54) is 42.5 Å². The van der Waals surface area contributed by atoms with E-state index in [1.54, 1.807) is 0 Å². The first-order chi connectivity index (χ1) is 19.1. The summed E-state index contributed by atoms with van der Waals surface area (Å²) in [6, 6.07) is 8.00. The Balaban J connectivity index is 1.78. The number of nitrogens with zero attached hydrogens (tertiary/aromatic N) is 1. The lowest BCUT2D eigenvalue weighted by molar-refractivity contribution is -0.127. The van der Waals surface area contributed by atoms with E-state index >= 15 is 0 Å². The standard InChI is InChI=1S/C28H38FN7O4/c29-19-8-4-9-20(16-19)40-24-15-18(25(31)37)11-12-22(24)35-27(39)23(14-17-6-2-1-3-7-17)36-26(38)21(30)10-5-13-34-28(32)33/h4,8-9,11-12,15-17,21,23H,1-3,5-7,10,13-14,30H2,(H2,31,37)(H,35,39)(H,36,38)(H4,32,33,34)/t21-,23-/m0/s1. The van der Waals surface area contributed by atoms with Crippen molar-refractivity contribution in [2.45, 2.75) is 63.5 Å². The number of rotatable bonds is 13. The molecule has 2 aromatic rings. The van der Waals surface area contributed by atoms with Crippen LogP contribution in [0.2, 0.25) is 0 Å². The molecular weight excluding hydrogens is 517 g/mol. The largest absolute Gasteiger partial charge is 0.455 e. The highest BCUT2D eigenvalue weighted by atomic mass is 19.1. The molecule has 0 spiro atoms. The van der Waals surface area contributed by atoms with Crippen molar-refractivity contribution in [3.05, 3.63) is 53.8 Å². The Bertz CT molecular complexity index is 1210. The normalized spacial score (nSPS) is 14.9. The van der Waals surface area contributed by atoms with Crippen LogP contribution in [0.3, 0.4) is 0 Å². The maximum atomic E-state index is 13.7. The van der Waals surface area contributed by atoms with Crippen LogP contribution in [0.5, 0.6) is 11.5 Å². The molecule has 1 fully saturated rings. The summed E-state index contributed by atoms with van der Waals surface area (Å²) in [6.07, 6.45) is 6.48. The van der Waals surface area contributed by atoms with Crippen LogP contribution in [-0.4, -0.2) is 42.3 Å². The van der Waals surface area contributed by atoms with Gasteiger partial charge < -0.3 is 38.3 Å². The van der Waals surface area contributed by atoms with E-state index in [0.717, 1.165) is 32.1 Å². The van der Waals surface area contributed by atoms with Crippen molar-refractivity contribution in [2.24, 2.45) is 33.8 Å². The fraction of sp³-hybridized carbons (Fsp3) is 0.429. The zero-order chi connectivity index (χ0) is 29.1. The molecule has 3 rings (SSSR count). The number of nitrogens with two attached hydrogens (primary N) is 4. The van der Waals surface area contributed by atoms with Crippen molar-refractivity contribution in [1.29, 1.82) is 0 Å². The van der Waals surface area contributed by atoms with Crippen LogP contribution in [0.15, 0.2) is 47.5 Å². The molecular formula is C28H38FN7O4. The van der Waals surface area contributed by atoms with Gasteiger partial charge in [0.05, 0.1) is 11.7 Å². The molecule has 0 heterocycles. The number of anilines is 1. The molecule has 40 heavy (non-hydrogen) atoms. The molecule has 1 aliphatic rings. The lowest BCUT2D eigenvalue weighted by atomic mass is 9.84. The summed E-state index contributed by atoms with van der Waals surface area (Å²) in [5.74, 6) is -1.65. The van der Waals surface area contributed by atoms with E-state index < -0.39 is 35.6 Å². The van der Waals surface area contributed by atoms with E-state index in [-0.39, 0.29) is 34.6 Å². The maximum absolute atomic E-state index is 13.7. The number of aliphatic imine (C=N–C) groups is 1. The molecule has 2 aromatic carbocycles. The molecule has 1 saturated carbocycles. The first kappa shape index (κ1) is 30.4. The molecule has 10 N–H and O–H groups in total. The second-order valence-electron chi connectivity index (χ2n) is 9.98.